The second kappa shape index (κ2) is 3.19. The van der Waals surface area contributed by atoms with Gasteiger partial charge < -0.3 is 5.11 Å². The lowest BCUT2D eigenvalue weighted by atomic mass is 9.85. The van der Waals surface area contributed by atoms with Crippen LogP contribution in [-0.2, 0) is 4.79 Å². The van der Waals surface area contributed by atoms with Crippen LogP contribution in [0.3, 0.4) is 0 Å². The number of carbonyl (C=O) groups is 1. The van der Waals surface area contributed by atoms with Gasteiger partial charge in [0.1, 0.15) is 0 Å². The smallest absolute Gasteiger partial charge is 0.155 e. The summed E-state index contributed by atoms with van der Waals surface area (Å²) in [5.74, 6) is 1.45. The summed E-state index contributed by atoms with van der Waals surface area (Å²) >= 11 is 0. The molecule has 1 N–H and O–H groups in total. The molecule has 4 atom stereocenters. The van der Waals surface area contributed by atoms with Crippen LogP contribution in [0.25, 0.3) is 0 Å². The molecule has 88 valence electrons. The minimum absolute atomic E-state index is 0.237. The second-order valence-electron chi connectivity index (χ2n) is 5.95. The highest BCUT2D eigenvalue weighted by Crippen LogP contribution is 2.60. The van der Waals surface area contributed by atoms with Crippen molar-refractivity contribution in [1.82, 2.24) is 0 Å². The van der Waals surface area contributed by atoms with E-state index in [2.05, 4.69) is 6.92 Å². The fourth-order valence-electron chi connectivity index (χ4n) is 4.37. The number of carbonyl (C=O) groups excluding carboxylic acids is 1. The molecule has 0 heterocycles. The molecule has 0 spiro atoms. The van der Waals surface area contributed by atoms with Gasteiger partial charge >= 0.3 is 0 Å². The third kappa shape index (κ3) is 1.14. The lowest BCUT2D eigenvalue weighted by Gasteiger charge is -2.28. The van der Waals surface area contributed by atoms with Crippen molar-refractivity contribution in [2.75, 3.05) is 0 Å². The average molecular weight is 220 g/mol. The van der Waals surface area contributed by atoms with Crippen LogP contribution in [0, 0.1) is 17.8 Å². The third-order valence-electron chi connectivity index (χ3n) is 5.25. The Morgan fingerprint density at radius 3 is 2.81 bits per heavy atom. The Balaban J connectivity index is 2.05. The van der Waals surface area contributed by atoms with E-state index in [1.807, 2.05) is 0 Å². The molecule has 0 amide bonds. The zero-order valence-corrected chi connectivity index (χ0v) is 10.1. The minimum atomic E-state index is -0.485. The molecule has 0 aromatic carbocycles. The Kier molecular flexibility index (Phi) is 2.10. The van der Waals surface area contributed by atoms with Crippen molar-refractivity contribution in [3.63, 3.8) is 0 Å². The van der Waals surface area contributed by atoms with Crippen LogP contribution < -0.4 is 0 Å². The van der Waals surface area contributed by atoms with Crippen LogP contribution in [0.15, 0.2) is 11.1 Å². The monoisotopic (exact) mass is 220 g/mol. The molecule has 2 fully saturated rings. The van der Waals surface area contributed by atoms with E-state index in [1.165, 1.54) is 5.57 Å². The average Bonchev–Trinajstić information content (AvgIpc) is 2.78. The van der Waals surface area contributed by atoms with Gasteiger partial charge in [-0.15, -0.1) is 0 Å². The van der Waals surface area contributed by atoms with Crippen LogP contribution in [0.1, 0.15) is 46.0 Å². The van der Waals surface area contributed by atoms with Gasteiger partial charge in [0.25, 0.3) is 0 Å². The van der Waals surface area contributed by atoms with Gasteiger partial charge in [-0.25, -0.2) is 0 Å². The van der Waals surface area contributed by atoms with Crippen molar-refractivity contribution in [2.24, 2.45) is 17.8 Å². The van der Waals surface area contributed by atoms with Crippen LogP contribution in [-0.4, -0.2) is 16.5 Å². The maximum Gasteiger partial charge on any atom is 0.155 e. The van der Waals surface area contributed by atoms with Gasteiger partial charge in [-0.1, -0.05) is 12.5 Å². The number of hydrogen-bond acceptors (Lipinski definition) is 2. The molecule has 16 heavy (non-hydrogen) atoms. The van der Waals surface area contributed by atoms with E-state index in [4.69, 9.17) is 0 Å². The fraction of sp³-hybridized carbons (Fsp3) is 0.786. The van der Waals surface area contributed by atoms with E-state index in [0.29, 0.717) is 17.8 Å². The van der Waals surface area contributed by atoms with Crippen molar-refractivity contribution in [3.05, 3.63) is 11.1 Å². The standard InChI is InChI=1S/C14H20O2/c1-8-3-6-12-13-10(7-14(8,12)16)4-5-11(13)9(2)15/h8,10,12,16H,3-7H2,1-2H3/t8-,10-,12+,14-/m0/s1. The van der Waals surface area contributed by atoms with Crippen molar-refractivity contribution in [2.45, 2.75) is 51.6 Å². The van der Waals surface area contributed by atoms with Crippen molar-refractivity contribution >= 4 is 5.78 Å². The van der Waals surface area contributed by atoms with Gasteiger partial charge in [0.05, 0.1) is 5.60 Å². The number of aliphatic hydroxyl groups is 1. The molecule has 0 aliphatic heterocycles. The van der Waals surface area contributed by atoms with E-state index in [0.717, 1.165) is 37.7 Å². The number of Topliss-reactive ketones (excluding diaryl/α,β-unsaturated/α-hetero) is 1. The number of ketones is 1. The molecule has 2 nitrogen and oxygen atoms in total. The Morgan fingerprint density at radius 1 is 1.38 bits per heavy atom. The summed E-state index contributed by atoms with van der Waals surface area (Å²) in [6.07, 6.45) is 5.15. The Bertz CT molecular complexity index is 382. The summed E-state index contributed by atoms with van der Waals surface area (Å²) < 4.78 is 0. The van der Waals surface area contributed by atoms with E-state index in [9.17, 15) is 9.90 Å². The summed E-state index contributed by atoms with van der Waals surface area (Å²) in [5.41, 5.74) is 1.92. The van der Waals surface area contributed by atoms with Crippen molar-refractivity contribution < 1.29 is 9.90 Å². The van der Waals surface area contributed by atoms with E-state index >= 15 is 0 Å². The molecule has 0 aromatic heterocycles. The normalized spacial score (nSPS) is 46.1. The third-order valence-corrected chi connectivity index (χ3v) is 5.25. The first-order chi connectivity index (χ1) is 7.54. The number of fused-ring (bicyclic) bond motifs is 3. The topological polar surface area (TPSA) is 37.3 Å². The Morgan fingerprint density at radius 2 is 2.12 bits per heavy atom. The summed E-state index contributed by atoms with van der Waals surface area (Å²) in [5, 5.41) is 10.8. The summed E-state index contributed by atoms with van der Waals surface area (Å²) in [4.78, 5) is 11.6. The predicted molar refractivity (Wildman–Crippen MR) is 61.9 cm³/mol. The van der Waals surface area contributed by atoms with Crippen LogP contribution in [0.2, 0.25) is 0 Å². The predicted octanol–water partition coefficient (Wildman–Crippen LogP) is 2.46. The molecule has 0 radical (unpaired) electrons. The maximum absolute atomic E-state index is 11.6. The van der Waals surface area contributed by atoms with Gasteiger partial charge in [0.15, 0.2) is 5.78 Å². The van der Waals surface area contributed by atoms with E-state index < -0.39 is 5.60 Å². The van der Waals surface area contributed by atoms with Gasteiger partial charge in [-0.3, -0.25) is 4.79 Å². The number of allylic oxidation sites excluding steroid dienone is 1. The largest absolute Gasteiger partial charge is 0.389 e. The van der Waals surface area contributed by atoms with Gasteiger partial charge in [-0.05, 0) is 56.4 Å². The molecule has 2 saturated carbocycles. The highest BCUT2D eigenvalue weighted by Gasteiger charge is 2.57. The van der Waals surface area contributed by atoms with E-state index in [1.54, 1.807) is 6.92 Å². The quantitative estimate of drug-likeness (QED) is 0.737. The molecule has 0 saturated heterocycles. The zero-order valence-electron chi connectivity index (χ0n) is 10.1. The number of hydrogen-bond donors (Lipinski definition) is 1. The number of rotatable bonds is 1. The first-order valence-corrected chi connectivity index (χ1v) is 6.50. The second-order valence-corrected chi connectivity index (χ2v) is 5.95. The highest BCUT2D eigenvalue weighted by atomic mass is 16.3. The fourth-order valence-corrected chi connectivity index (χ4v) is 4.37. The van der Waals surface area contributed by atoms with Crippen molar-refractivity contribution in [3.8, 4) is 0 Å². The van der Waals surface area contributed by atoms with Gasteiger partial charge in [-0.2, -0.15) is 0 Å². The van der Waals surface area contributed by atoms with Crippen LogP contribution >= 0.6 is 0 Å². The maximum atomic E-state index is 11.6. The van der Waals surface area contributed by atoms with Gasteiger partial charge in [0.2, 0.25) is 0 Å². The molecule has 0 aromatic rings. The van der Waals surface area contributed by atoms with Crippen LogP contribution in [0.4, 0.5) is 0 Å². The molecule has 3 aliphatic rings. The zero-order chi connectivity index (χ0) is 11.5. The lowest BCUT2D eigenvalue weighted by Crippen LogP contribution is -2.34. The molecule has 0 bridgehead atoms. The van der Waals surface area contributed by atoms with Crippen LogP contribution in [0.5, 0.6) is 0 Å². The first kappa shape index (κ1) is 10.5. The van der Waals surface area contributed by atoms with E-state index in [-0.39, 0.29) is 5.78 Å². The summed E-state index contributed by atoms with van der Waals surface area (Å²) in [7, 11) is 0. The Labute approximate surface area is 96.7 Å². The molecule has 3 aliphatic carbocycles. The van der Waals surface area contributed by atoms with Crippen molar-refractivity contribution in [1.29, 1.82) is 0 Å². The van der Waals surface area contributed by atoms with Gasteiger partial charge in [0, 0.05) is 5.92 Å². The summed E-state index contributed by atoms with van der Waals surface area (Å²) in [6.45, 7) is 3.84. The highest BCUT2D eigenvalue weighted by molar-refractivity contribution is 5.95. The lowest BCUT2D eigenvalue weighted by molar-refractivity contribution is -0.113. The molecule has 3 rings (SSSR count). The molecule has 0 unspecified atom stereocenters. The molecular formula is C14H20O2. The summed E-state index contributed by atoms with van der Waals surface area (Å²) in [6, 6.07) is 0. The Hall–Kier alpha value is -0.630. The SMILES string of the molecule is CC(=O)C1=C2[C@@H](CC1)C[C@@]1(O)[C@@H]2CC[C@@H]1C. The molecular weight excluding hydrogens is 200 g/mol. The first-order valence-electron chi connectivity index (χ1n) is 6.50. The minimum Gasteiger partial charge on any atom is -0.389 e. The molecule has 2 heteroatoms.